The largest absolute Gasteiger partial charge is 0.573 e. The van der Waals surface area contributed by atoms with Crippen LogP contribution in [0.1, 0.15) is 24.9 Å². The minimum Gasteiger partial charge on any atom is -0.480 e. The second-order valence-electron chi connectivity index (χ2n) is 4.65. The van der Waals surface area contributed by atoms with Crippen molar-refractivity contribution in [3.8, 4) is 5.75 Å². The molecule has 8 heteroatoms. The van der Waals surface area contributed by atoms with Crippen LogP contribution in [-0.4, -0.2) is 34.3 Å². The first-order valence-electron chi connectivity index (χ1n) is 6.08. The number of likely N-dealkylation sites (tertiary alicyclic amines) is 1. The van der Waals surface area contributed by atoms with Crippen LogP contribution in [0.25, 0.3) is 0 Å². The molecule has 1 aromatic carbocycles. The number of hydrogen-bond acceptors (Lipinski definition) is 3. The monoisotopic (exact) mass is 303 g/mol. The third kappa shape index (κ3) is 3.26. The molecule has 1 aliphatic rings. The van der Waals surface area contributed by atoms with Crippen molar-refractivity contribution >= 4 is 11.9 Å². The number of halogens is 3. The van der Waals surface area contributed by atoms with Crippen LogP contribution in [-0.2, 0) is 9.59 Å². The highest BCUT2D eigenvalue weighted by Crippen LogP contribution is 2.32. The van der Waals surface area contributed by atoms with Gasteiger partial charge in [-0.25, -0.2) is 4.79 Å². The van der Waals surface area contributed by atoms with Crippen molar-refractivity contribution < 1.29 is 32.6 Å². The van der Waals surface area contributed by atoms with Crippen LogP contribution in [0, 0.1) is 0 Å². The van der Waals surface area contributed by atoms with E-state index in [0.717, 1.165) is 12.1 Å². The topological polar surface area (TPSA) is 66.8 Å². The molecule has 0 bridgehead atoms. The Morgan fingerprint density at radius 1 is 1.38 bits per heavy atom. The number of hydrogen-bond donors (Lipinski definition) is 1. The smallest absolute Gasteiger partial charge is 0.480 e. The van der Waals surface area contributed by atoms with E-state index in [9.17, 15) is 22.8 Å². The molecule has 1 saturated heterocycles. The number of β-lactam (4-membered cyclic amide) rings is 1. The van der Waals surface area contributed by atoms with Gasteiger partial charge in [-0.15, -0.1) is 13.2 Å². The molecule has 1 amide bonds. The lowest BCUT2D eigenvalue weighted by Gasteiger charge is -2.42. The van der Waals surface area contributed by atoms with Gasteiger partial charge in [-0.05, 0) is 24.6 Å². The van der Waals surface area contributed by atoms with Crippen LogP contribution in [0.15, 0.2) is 24.3 Å². The summed E-state index contributed by atoms with van der Waals surface area (Å²) < 4.78 is 39.9. The third-order valence-electron chi connectivity index (χ3n) is 3.29. The fourth-order valence-corrected chi connectivity index (χ4v) is 2.23. The predicted octanol–water partition coefficient (Wildman–Crippen LogP) is 2.33. The number of carbonyl (C=O) groups excluding carboxylic acids is 1. The number of carboxylic acid groups (broad SMARTS) is 1. The maximum Gasteiger partial charge on any atom is 0.573 e. The molecule has 2 rings (SSSR count). The quantitative estimate of drug-likeness (QED) is 0.867. The molecule has 114 valence electrons. The van der Waals surface area contributed by atoms with Gasteiger partial charge in [-0.1, -0.05) is 12.1 Å². The van der Waals surface area contributed by atoms with Crippen LogP contribution < -0.4 is 4.74 Å². The van der Waals surface area contributed by atoms with Crippen LogP contribution in [0.5, 0.6) is 5.75 Å². The van der Waals surface area contributed by atoms with Crippen molar-refractivity contribution in [2.75, 3.05) is 0 Å². The van der Waals surface area contributed by atoms with Gasteiger partial charge in [-0.2, -0.15) is 0 Å². The van der Waals surface area contributed by atoms with Gasteiger partial charge in [0.25, 0.3) is 0 Å². The van der Waals surface area contributed by atoms with Crippen molar-refractivity contribution in [3.63, 3.8) is 0 Å². The molecule has 1 fully saturated rings. The van der Waals surface area contributed by atoms with Crippen LogP contribution >= 0.6 is 0 Å². The molecular formula is C13H12F3NO4. The number of ether oxygens (including phenoxy) is 1. The van der Waals surface area contributed by atoms with Crippen LogP contribution in [0.4, 0.5) is 13.2 Å². The molecule has 0 saturated carbocycles. The molecule has 0 spiro atoms. The average molecular weight is 303 g/mol. The SMILES string of the molecule is CC(c1ccc(OC(F)(F)F)cc1)N1C(=O)CC1C(=O)O. The van der Waals surface area contributed by atoms with Crippen molar-refractivity contribution in [1.82, 2.24) is 4.90 Å². The number of rotatable bonds is 4. The van der Waals surface area contributed by atoms with Gasteiger partial charge in [0.05, 0.1) is 12.5 Å². The third-order valence-corrected chi connectivity index (χ3v) is 3.29. The van der Waals surface area contributed by atoms with E-state index in [-0.39, 0.29) is 18.1 Å². The predicted molar refractivity (Wildman–Crippen MR) is 64.4 cm³/mol. The minimum atomic E-state index is -4.77. The zero-order valence-electron chi connectivity index (χ0n) is 10.9. The summed E-state index contributed by atoms with van der Waals surface area (Å²) in [6, 6.07) is 3.57. The summed E-state index contributed by atoms with van der Waals surface area (Å²) in [5.41, 5.74) is 0.531. The van der Waals surface area contributed by atoms with Crippen molar-refractivity contribution in [2.24, 2.45) is 0 Å². The van der Waals surface area contributed by atoms with Crippen LogP contribution in [0.3, 0.4) is 0 Å². The van der Waals surface area contributed by atoms with Crippen molar-refractivity contribution in [1.29, 1.82) is 0 Å². The fourth-order valence-electron chi connectivity index (χ4n) is 2.23. The zero-order valence-corrected chi connectivity index (χ0v) is 10.9. The Kier molecular flexibility index (Phi) is 3.80. The highest BCUT2D eigenvalue weighted by molar-refractivity contribution is 5.94. The molecule has 1 aromatic rings. The van der Waals surface area contributed by atoms with E-state index < -0.39 is 24.4 Å². The van der Waals surface area contributed by atoms with E-state index in [1.54, 1.807) is 6.92 Å². The van der Waals surface area contributed by atoms with Crippen molar-refractivity contribution in [3.05, 3.63) is 29.8 Å². The van der Waals surface area contributed by atoms with Gasteiger partial charge in [0.15, 0.2) is 0 Å². The molecule has 0 radical (unpaired) electrons. The van der Waals surface area contributed by atoms with Gasteiger partial charge in [0.1, 0.15) is 11.8 Å². The summed E-state index contributed by atoms with van der Waals surface area (Å²) in [6.07, 6.45) is -4.83. The normalized spacial score (nSPS) is 19.9. The van der Waals surface area contributed by atoms with Crippen LogP contribution in [0.2, 0.25) is 0 Å². The number of carbonyl (C=O) groups is 2. The van der Waals surface area contributed by atoms with E-state index in [1.807, 2.05) is 0 Å². The standard InChI is InChI=1S/C13H12F3NO4/c1-7(17-10(12(19)20)6-11(17)18)8-2-4-9(5-3-8)21-13(14,15)16/h2-5,7,10H,6H2,1H3,(H,19,20). The maximum absolute atomic E-state index is 12.0. The number of benzene rings is 1. The summed E-state index contributed by atoms with van der Waals surface area (Å²) in [4.78, 5) is 23.6. The molecule has 5 nitrogen and oxygen atoms in total. The molecular weight excluding hydrogens is 291 g/mol. The molecule has 2 unspecified atom stereocenters. The molecule has 1 N–H and O–H groups in total. The fraction of sp³-hybridized carbons (Fsp3) is 0.385. The van der Waals surface area contributed by atoms with Gasteiger partial charge in [0, 0.05) is 0 Å². The molecule has 0 aliphatic carbocycles. The summed E-state index contributed by atoms with van der Waals surface area (Å²) in [7, 11) is 0. The van der Waals surface area contributed by atoms with E-state index >= 15 is 0 Å². The lowest BCUT2D eigenvalue weighted by Crippen LogP contribution is -2.57. The second-order valence-corrected chi connectivity index (χ2v) is 4.65. The number of aliphatic carboxylic acids is 1. The highest BCUT2D eigenvalue weighted by atomic mass is 19.4. The Bertz CT molecular complexity index is 556. The van der Waals surface area contributed by atoms with E-state index in [4.69, 9.17) is 5.11 Å². The van der Waals surface area contributed by atoms with E-state index in [1.165, 1.54) is 17.0 Å². The van der Waals surface area contributed by atoms with Gasteiger partial charge < -0.3 is 14.7 Å². The Morgan fingerprint density at radius 3 is 2.38 bits per heavy atom. The summed E-state index contributed by atoms with van der Waals surface area (Å²) in [6.45, 7) is 1.62. The second kappa shape index (κ2) is 5.27. The Morgan fingerprint density at radius 2 is 1.95 bits per heavy atom. The number of nitrogens with zero attached hydrogens (tertiary/aromatic N) is 1. The van der Waals surface area contributed by atoms with Gasteiger partial charge in [0.2, 0.25) is 5.91 Å². The first kappa shape index (κ1) is 15.1. The Balaban J connectivity index is 2.11. The molecule has 21 heavy (non-hydrogen) atoms. The zero-order chi connectivity index (χ0) is 15.8. The van der Waals surface area contributed by atoms with Crippen molar-refractivity contribution in [2.45, 2.75) is 31.8 Å². The highest BCUT2D eigenvalue weighted by Gasteiger charge is 2.44. The summed E-state index contributed by atoms with van der Waals surface area (Å²) in [5, 5.41) is 8.95. The molecule has 2 atom stereocenters. The first-order chi connectivity index (χ1) is 9.69. The van der Waals surface area contributed by atoms with E-state index in [2.05, 4.69) is 4.74 Å². The Labute approximate surface area is 117 Å². The lowest BCUT2D eigenvalue weighted by molar-refractivity contribution is -0.274. The summed E-state index contributed by atoms with van der Waals surface area (Å²) >= 11 is 0. The molecule has 0 aromatic heterocycles. The molecule has 1 aliphatic heterocycles. The number of carboxylic acids is 1. The molecule has 1 heterocycles. The van der Waals surface area contributed by atoms with Gasteiger partial charge in [-0.3, -0.25) is 4.79 Å². The minimum absolute atomic E-state index is 0.0606. The first-order valence-corrected chi connectivity index (χ1v) is 6.08. The lowest BCUT2D eigenvalue weighted by atomic mass is 9.95. The average Bonchev–Trinajstić information content (AvgIpc) is 2.34. The maximum atomic E-state index is 12.0. The number of amides is 1. The van der Waals surface area contributed by atoms with E-state index in [0.29, 0.717) is 5.56 Å². The number of alkyl halides is 3. The summed E-state index contributed by atoms with van der Waals surface area (Å²) in [5.74, 6) is -1.77. The van der Waals surface area contributed by atoms with Gasteiger partial charge >= 0.3 is 12.3 Å². The Hall–Kier alpha value is -2.25.